The highest BCUT2D eigenvalue weighted by Crippen LogP contribution is 2.21. The van der Waals surface area contributed by atoms with Gasteiger partial charge in [0.1, 0.15) is 17.4 Å². The molecule has 152 valence electrons. The highest BCUT2D eigenvalue weighted by atomic mass is 32.2. The van der Waals surface area contributed by atoms with Gasteiger partial charge < -0.3 is 9.64 Å². The number of thiazole rings is 1. The molecule has 1 aromatic heterocycles. The average molecular weight is 423 g/mol. The predicted molar refractivity (Wildman–Crippen MR) is 110 cm³/mol. The fourth-order valence-corrected chi connectivity index (χ4v) is 5.74. The maximum Gasteiger partial charge on any atom is 0.228 e. The Balaban J connectivity index is 1.58. The van der Waals surface area contributed by atoms with Gasteiger partial charge in [-0.15, -0.1) is 11.3 Å². The number of aryl methyl sites for hydroxylation is 1. The molecule has 0 N–H and O–H groups in total. The Bertz CT molecular complexity index is 907. The van der Waals surface area contributed by atoms with Gasteiger partial charge in [0.15, 0.2) is 9.84 Å². The van der Waals surface area contributed by atoms with E-state index in [0.29, 0.717) is 25.3 Å². The number of rotatable bonds is 8. The third-order valence-electron chi connectivity index (χ3n) is 4.75. The maximum atomic E-state index is 12.8. The predicted octanol–water partition coefficient (Wildman–Crippen LogP) is 3.00. The molecule has 1 aliphatic heterocycles. The molecule has 0 aliphatic carbocycles. The van der Waals surface area contributed by atoms with E-state index >= 15 is 0 Å². The molecule has 0 bridgehead atoms. The lowest BCUT2D eigenvalue weighted by Crippen LogP contribution is -2.42. The topological polar surface area (TPSA) is 76.6 Å². The minimum Gasteiger partial charge on any atom is -0.486 e. The number of carbonyl (C=O) groups is 1. The Morgan fingerprint density at radius 2 is 2.07 bits per heavy atom. The maximum absolute atomic E-state index is 12.8. The Kier molecular flexibility index (Phi) is 6.72. The summed E-state index contributed by atoms with van der Waals surface area (Å²) in [5.74, 6) is 0.976. The van der Waals surface area contributed by atoms with E-state index < -0.39 is 9.84 Å². The van der Waals surface area contributed by atoms with Crippen molar-refractivity contribution in [3.05, 3.63) is 45.9 Å². The van der Waals surface area contributed by atoms with Crippen molar-refractivity contribution in [1.82, 2.24) is 9.88 Å². The van der Waals surface area contributed by atoms with Crippen LogP contribution in [0.4, 0.5) is 0 Å². The summed E-state index contributed by atoms with van der Waals surface area (Å²) < 4.78 is 29.3. The van der Waals surface area contributed by atoms with Crippen LogP contribution in [0, 0.1) is 6.92 Å². The van der Waals surface area contributed by atoms with Crippen molar-refractivity contribution in [2.24, 2.45) is 0 Å². The zero-order valence-corrected chi connectivity index (χ0v) is 17.9. The van der Waals surface area contributed by atoms with Crippen molar-refractivity contribution in [3.63, 3.8) is 0 Å². The fraction of sp³-hybridized carbons (Fsp3) is 0.500. The van der Waals surface area contributed by atoms with E-state index in [1.807, 2.05) is 43.5 Å². The summed E-state index contributed by atoms with van der Waals surface area (Å²) >= 11 is 1.47. The molecular weight excluding hydrogens is 396 g/mol. The molecule has 28 heavy (non-hydrogen) atoms. The zero-order chi connectivity index (χ0) is 20.1. The fourth-order valence-electron chi connectivity index (χ4n) is 3.31. The van der Waals surface area contributed by atoms with Gasteiger partial charge in [0, 0.05) is 18.0 Å². The Labute approximate surface area is 170 Å². The van der Waals surface area contributed by atoms with E-state index in [1.54, 1.807) is 4.90 Å². The van der Waals surface area contributed by atoms with Crippen molar-refractivity contribution >= 4 is 27.1 Å². The van der Waals surface area contributed by atoms with E-state index in [0.717, 1.165) is 17.2 Å². The molecule has 3 rings (SSSR count). The van der Waals surface area contributed by atoms with Gasteiger partial charge in [-0.25, -0.2) is 13.4 Å². The van der Waals surface area contributed by atoms with Crippen LogP contribution in [0.1, 0.15) is 36.0 Å². The standard InChI is InChI=1S/C20H26N2O4S2/c1-3-9-22(17-8-10-28(24,25)14-17)20(23)11-16-13-27-19(21-16)12-26-18-6-4-15(2)5-7-18/h4-7,13,17H,3,8-12,14H2,1-2H3. The lowest BCUT2D eigenvalue weighted by molar-refractivity contribution is -0.132. The summed E-state index contributed by atoms with van der Waals surface area (Å²) in [6.45, 7) is 4.96. The number of ether oxygens (including phenoxy) is 1. The van der Waals surface area contributed by atoms with E-state index in [1.165, 1.54) is 16.9 Å². The second kappa shape index (κ2) is 9.05. The van der Waals surface area contributed by atoms with Gasteiger partial charge in [-0.2, -0.15) is 0 Å². The molecule has 0 radical (unpaired) electrons. The molecular formula is C20H26N2O4S2. The van der Waals surface area contributed by atoms with Crippen LogP contribution in [0.2, 0.25) is 0 Å². The van der Waals surface area contributed by atoms with Crippen LogP contribution in [-0.2, 0) is 27.7 Å². The van der Waals surface area contributed by atoms with Crippen molar-refractivity contribution in [2.75, 3.05) is 18.1 Å². The van der Waals surface area contributed by atoms with Gasteiger partial charge in [0.2, 0.25) is 5.91 Å². The molecule has 1 fully saturated rings. The van der Waals surface area contributed by atoms with Crippen molar-refractivity contribution in [1.29, 1.82) is 0 Å². The molecule has 1 unspecified atom stereocenters. The van der Waals surface area contributed by atoms with Gasteiger partial charge in [-0.3, -0.25) is 4.79 Å². The SMILES string of the molecule is CCCN(C(=O)Cc1csc(COc2ccc(C)cc2)n1)C1CCS(=O)(=O)C1. The van der Waals surface area contributed by atoms with Crippen LogP contribution in [0.15, 0.2) is 29.6 Å². The van der Waals surface area contributed by atoms with Crippen molar-refractivity contribution in [3.8, 4) is 5.75 Å². The molecule has 1 aliphatic rings. The Hall–Kier alpha value is -1.93. The van der Waals surface area contributed by atoms with Crippen LogP contribution in [-0.4, -0.2) is 48.3 Å². The van der Waals surface area contributed by atoms with Crippen LogP contribution in [0.5, 0.6) is 5.75 Å². The minimum atomic E-state index is -3.02. The first kappa shape index (κ1) is 20.8. The molecule has 6 nitrogen and oxygen atoms in total. The number of nitrogens with zero attached hydrogens (tertiary/aromatic N) is 2. The average Bonchev–Trinajstić information content (AvgIpc) is 3.25. The lowest BCUT2D eigenvalue weighted by atomic mass is 10.2. The second-order valence-electron chi connectivity index (χ2n) is 7.16. The van der Waals surface area contributed by atoms with Gasteiger partial charge in [-0.05, 0) is 31.9 Å². The molecule has 1 aromatic carbocycles. The molecule has 1 saturated heterocycles. The van der Waals surface area contributed by atoms with Crippen LogP contribution in [0.25, 0.3) is 0 Å². The van der Waals surface area contributed by atoms with E-state index in [9.17, 15) is 13.2 Å². The summed E-state index contributed by atoms with van der Waals surface area (Å²) in [6.07, 6.45) is 1.52. The second-order valence-corrected chi connectivity index (χ2v) is 10.3. The largest absolute Gasteiger partial charge is 0.486 e. The number of aromatic nitrogens is 1. The van der Waals surface area contributed by atoms with Gasteiger partial charge in [-0.1, -0.05) is 24.6 Å². The van der Waals surface area contributed by atoms with Crippen molar-refractivity contribution in [2.45, 2.75) is 45.8 Å². The third-order valence-corrected chi connectivity index (χ3v) is 7.37. The number of hydrogen-bond acceptors (Lipinski definition) is 6. The number of amides is 1. The summed E-state index contributed by atoms with van der Waals surface area (Å²) in [6, 6.07) is 7.62. The normalized spacial score (nSPS) is 18.1. The number of sulfone groups is 1. The summed E-state index contributed by atoms with van der Waals surface area (Å²) in [7, 11) is -3.02. The van der Waals surface area contributed by atoms with E-state index in [4.69, 9.17) is 4.74 Å². The Morgan fingerprint density at radius 1 is 1.32 bits per heavy atom. The smallest absolute Gasteiger partial charge is 0.228 e. The van der Waals surface area contributed by atoms with Gasteiger partial charge in [0.25, 0.3) is 0 Å². The van der Waals surface area contributed by atoms with Gasteiger partial charge in [0.05, 0.1) is 23.6 Å². The lowest BCUT2D eigenvalue weighted by Gasteiger charge is -2.27. The number of hydrogen-bond donors (Lipinski definition) is 0. The number of carbonyl (C=O) groups excluding carboxylic acids is 1. The molecule has 8 heteroatoms. The van der Waals surface area contributed by atoms with E-state index in [-0.39, 0.29) is 29.9 Å². The third kappa shape index (κ3) is 5.54. The highest BCUT2D eigenvalue weighted by Gasteiger charge is 2.34. The zero-order valence-electron chi connectivity index (χ0n) is 16.3. The Morgan fingerprint density at radius 3 is 2.71 bits per heavy atom. The van der Waals surface area contributed by atoms with E-state index in [2.05, 4.69) is 4.98 Å². The van der Waals surface area contributed by atoms with Crippen LogP contribution >= 0.6 is 11.3 Å². The number of benzene rings is 1. The molecule has 2 heterocycles. The van der Waals surface area contributed by atoms with Crippen molar-refractivity contribution < 1.29 is 17.9 Å². The molecule has 0 spiro atoms. The summed E-state index contributed by atoms with van der Waals surface area (Å²) in [5, 5.41) is 2.69. The first-order valence-corrected chi connectivity index (χ1v) is 12.2. The first-order chi connectivity index (χ1) is 13.4. The van der Waals surface area contributed by atoms with Crippen LogP contribution in [0.3, 0.4) is 0 Å². The minimum absolute atomic E-state index is 0.0553. The first-order valence-electron chi connectivity index (χ1n) is 9.49. The quantitative estimate of drug-likeness (QED) is 0.654. The highest BCUT2D eigenvalue weighted by molar-refractivity contribution is 7.91. The van der Waals surface area contributed by atoms with Crippen LogP contribution < -0.4 is 4.74 Å². The van der Waals surface area contributed by atoms with Gasteiger partial charge >= 0.3 is 0 Å². The summed E-state index contributed by atoms with van der Waals surface area (Å²) in [4.78, 5) is 19.0. The summed E-state index contributed by atoms with van der Waals surface area (Å²) in [5.41, 5.74) is 1.88. The molecule has 0 saturated carbocycles. The molecule has 1 amide bonds. The molecule has 2 aromatic rings. The monoisotopic (exact) mass is 422 g/mol. The molecule has 1 atom stereocenters.